The fraction of sp³-hybridized carbons (Fsp3) is 0.250. The van der Waals surface area contributed by atoms with E-state index < -0.39 is 0 Å². The minimum Gasteiger partial charge on any atom is -0.486 e. The van der Waals surface area contributed by atoms with Gasteiger partial charge >= 0.3 is 0 Å². The summed E-state index contributed by atoms with van der Waals surface area (Å²) in [6, 6.07) is 12.8. The monoisotopic (exact) mass is 305 g/mol. The number of ether oxygens (including phenoxy) is 2. The van der Waals surface area contributed by atoms with Crippen LogP contribution < -0.4 is 14.8 Å². The summed E-state index contributed by atoms with van der Waals surface area (Å²) < 4.78 is 11.1. The topological polar surface area (TPSA) is 50.7 Å². The van der Waals surface area contributed by atoms with E-state index in [9.17, 15) is 5.11 Å². The largest absolute Gasteiger partial charge is 0.486 e. The predicted octanol–water partition coefficient (Wildman–Crippen LogP) is 3.26. The highest BCUT2D eigenvalue weighted by Crippen LogP contribution is 2.34. The second-order valence-corrected chi connectivity index (χ2v) is 5.17. The van der Waals surface area contributed by atoms with E-state index in [1.807, 2.05) is 42.5 Å². The fourth-order valence-electron chi connectivity index (χ4n) is 2.28. The average Bonchev–Trinajstić information content (AvgIpc) is 2.54. The van der Waals surface area contributed by atoms with Gasteiger partial charge in [0.1, 0.15) is 13.2 Å². The quantitative estimate of drug-likeness (QED) is 0.910. The maximum atomic E-state index is 9.66. The predicted molar refractivity (Wildman–Crippen MR) is 82.3 cm³/mol. The Morgan fingerprint density at radius 2 is 1.86 bits per heavy atom. The SMILES string of the molecule is OCC(Nc1ccccc1Cl)c1ccc2c(c1)OCCO2. The Labute approximate surface area is 128 Å². The Balaban J connectivity index is 1.85. The van der Waals surface area contributed by atoms with Crippen LogP contribution in [-0.2, 0) is 0 Å². The van der Waals surface area contributed by atoms with Crippen LogP contribution >= 0.6 is 11.6 Å². The van der Waals surface area contributed by atoms with Gasteiger partial charge in [-0.2, -0.15) is 0 Å². The van der Waals surface area contributed by atoms with Gasteiger partial charge in [-0.05, 0) is 29.8 Å². The molecule has 2 aromatic carbocycles. The number of anilines is 1. The zero-order valence-corrected chi connectivity index (χ0v) is 12.1. The van der Waals surface area contributed by atoms with Crippen molar-refractivity contribution in [2.24, 2.45) is 0 Å². The Morgan fingerprint density at radius 3 is 2.62 bits per heavy atom. The van der Waals surface area contributed by atoms with Gasteiger partial charge in [0.25, 0.3) is 0 Å². The van der Waals surface area contributed by atoms with Gasteiger partial charge in [0.2, 0.25) is 0 Å². The standard InChI is InChI=1S/C16H16ClNO3/c17-12-3-1-2-4-13(12)18-14(10-19)11-5-6-15-16(9-11)21-8-7-20-15/h1-6,9,14,18-19H,7-8,10H2. The van der Waals surface area contributed by atoms with E-state index in [0.29, 0.717) is 24.0 Å². The molecule has 0 saturated carbocycles. The lowest BCUT2D eigenvalue weighted by atomic mass is 10.1. The number of aliphatic hydroxyl groups is 1. The van der Waals surface area contributed by atoms with E-state index >= 15 is 0 Å². The van der Waals surface area contributed by atoms with Crippen LogP contribution in [0.1, 0.15) is 11.6 Å². The smallest absolute Gasteiger partial charge is 0.161 e. The average molecular weight is 306 g/mol. The molecule has 0 spiro atoms. The van der Waals surface area contributed by atoms with Gasteiger partial charge in [-0.1, -0.05) is 29.8 Å². The van der Waals surface area contributed by atoms with Gasteiger partial charge in [-0.25, -0.2) is 0 Å². The summed E-state index contributed by atoms with van der Waals surface area (Å²) in [5.74, 6) is 1.44. The molecule has 1 unspecified atom stereocenters. The van der Waals surface area contributed by atoms with Crippen LogP contribution in [0, 0.1) is 0 Å². The van der Waals surface area contributed by atoms with Crippen molar-refractivity contribution in [2.45, 2.75) is 6.04 Å². The molecule has 0 radical (unpaired) electrons. The van der Waals surface area contributed by atoms with E-state index in [1.54, 1.807) is 0 Å². The highest BCUT2D eigenvalue weighted by Gasteiger charge is 2.17. The summed E-state index contributed by atoms with van der Waals surface area (Å²) in [5.41, 5.74) is 1.70. The van der Waals surface area contributed by atoms with Gasteiger partial charge in [0.15, 0.2) is 11.5 Å². The second kappa shape index (κ2) is 6.24. The second-order valence-electron chi connectivity index (χ2n) is 4.76. The first-order chi connectivity index (χ1) is 10.3. The lowest BCUT2D eigenvalue weighted by molar-refractivity contribution is 0.171. The van der Waals surface area contributed by atoms with Gasteiger partial charge in [0.05, 0.1) is 23.4 Å². The number of halogens is 1. The Bertz CT molecular complexity index is 633. The van der Waals surface area contributed by atoms with Gasteiger partial charge in [0, 0.05) is 0 Å². The molecule has 0 bridgehead atoms. The molecule has 1 atom stereocenters. The lowest BCUT2D eigenvalue weighted by Gasteiger charge is -2.23. The maximum Gasteiger partial charge on any atom is 0.161 e. The van der Waals surface area contributed by atoms with Crippen LogP contribution in [0.4, 0.5) is 5.69 Å². The fourth-order valence-corrected chi connectivity index (χ4v) is 2.47. The van der Waals surface area contributed by atoms with Crippen molar-refractivity contribution < 1.29 is 14.6 Å². The number of fused-ring (bicyclic) bond motifs is 1. The molecule has 0 fully saturated rings. The summed E-state index contributed by atoms with van der Waals surface area (Å²) in [6.45, 7) is 1.05. The number of hydrogen-bond acceptors (Lipinski definition) is 4. The van der Waals surface area contributed by atoms with E-state index in [1.165, 1.54) is 0 Å². The Hall–Kier alpha value is -1.91. The third-order valence-corrected chi connectivity index (χ3v) is 3.68. The molecule has 2 N–H and O–H groups in total. The number of benzene rings is 2. The first-order valence-electron chi connectivity index (χ1n) is 6.79. The number of hydrogen-bond donors (Lipinski definition) is 2. The highest BCUT2D eigenvalue weighted by molar-refractivity contribution is 6.33. The minimum atomic E-state index is -0.263. The molecule has 3 rings (SSSR count). The van der Waals surface area contributed by atoms with E-state index in [4.69, 9.17) is 21.1 Å². The molecule has 0 aliphatic carbocycles. The van der Waals surface area contributed by atoms with Crippen molar-refractivity contribution >= 4 is 17.3 Å². The van der Waals surface area contributed by atoms with Crippen LogP contribution in [0.3, 0.4) is 0 Å². The van der Waals surface area contributed by atoms with Gasteiger partial charge < -0.3 is 19.9 Å². The molecular weight excluding hydrogens is 290 g/mol. The lowest BCUT2D eigenvalue weighted by Crippen LogP contribution is -2.18. The molecule has 0 amide bonds. The Kier molecular flexibility index (Phi) is 4.18. The van der Waals surface area contributed by atoms with Crippen molar-refractivity contribution in [3.63, 3.8) is 0 Å². The van der Waals surface area contributed by atoms with Crippen molar-refractivity contribution in [3.8, 4) is 11.5 Å². The summed E-state index contributed by atoms with van der Waals surface area (Å²) in [5, 5.41) is 13.5. The molecule has 21 heavy (non-hydrogen) atoms. The van der Waals surface area contributed by atoms with Crippen LogP contribution in [0.5, 0.6) is 11.5 Å². The van der Waals surface area contributed by atoms with Crippen LogP contribution in [0.25, 0.3) is 0 Å². The zero-order chi connectivity index (χ0) is 14.7. The van der Waals surface area contributed by atoms with E-state index in [0.717, 1.165) is 17.0 Å². The third kappa shape index (κ3) is 3.06. The number of nitrogens with one attached hydrogen (secondary N) is 1. The number of rotatable bonds is 4. The van der Waals surface area contributed by atoms with E-state index in [2.05, 4.69) is 5.32 Å². The summed E-state index contributed by atoms with van der Waals surface area (Å²) in [7, 11) is 0. The van der Waals surface area contributed by atoms with Crippen molar-refractivity contribution in [3.05, 3.63) is 53.1 Å². The Morgan fingerprint density at radius 1 is 1.10 bits per heavy atom. The zero-order valence-electron chi connectivity index (χ0n) is 11.4. The molecule has 1 heterocycles. The molecule has 2 aromatic rings. The molecule has 0 saturated heterocycles. The first kappa shape index (κ1) is 14.0. The van der Waals surface area contributed by atoms with Gasteiger partial charge in [-0.3, -0.25) is 0 Å². The molecular formula is C16H16ClNO3. The molecule has 1 aliphatic rings. The van der Waals surface area contributed by atoms with Crippen molar-refractivity contribution in [2.75, 3.05) is 25.1 Å². The van der Waals surface area contributed by atoms with Gasteiger partial charge in [-0.15, -0.1) is 0 Å². The van der Waals surface area contributed by atoms with E-state index in [-0.39, 0.29) is 12.6 Å². The van der Waals surface area contributed by atoms with Crippen LogP contribution in [0.2, 0.25) is 5.02 Å². The number of aliphatic hydroxyl groups excluding tert-OH is 1. The molecule has 5 heteroatoms. The molecule has 4 nitrogen and oxygen atoms in total. The summed E-state index contributed by atoms with van der Waals surface area (Å²) in [6.07, 6.45) is 0. The third-order valence-electron chi connectivity index (χ3n) is 3.35. The summed E-state index contributed by atoms with van der Waals surface area (Å²) in [4.78, 5) is 0. The first-order valence-corrected chi connectivity index (χ1v) is 7.17. The maximum absolute atomic E-state index is 9.66. The molecule has 110 valence electrons. The van der Waals surface area contributed by atoms with Crippen LogP contribution in [-0.4, -0.2) is 24.9 Å². The van der Waals surface area contributed by atoms with Crippen molar-refractivity contribution in [1.82, 2.24) is 0 Å². The highest BCUT2D eigenvalue weighted by atomic mass is 35.5. The normalized spacial score (nSPS) is 14.6. The summed E-state index contributed by atoms with van der Waals surface area (Å²) >= 11 is 6.14. The van der Waals surface area contributed by atoms with Crippen molar-refractivity contribution in [1.29, 1.82) is 0 Å². The van der Waals surface area contributed by atoms with Crippen LogP contribution in [0.15, 0.2) is 42.5 Å². The molecule has 0 aromatic heterocycles. The minimum absolute atomic E-state index is 0.0507. The molecule has 1 aliphatic heterocycles. The number of para-hydroxylation sites is 1.